The number of rotatable bonds is 4. The van der Waals surface area contributed by atoms with E-state index in [0.717, 1.165) is 30.3 Å². The summed E-state index contributed by atoms with van der Waals surface area (Å²) in [6.07, 6.45) is -7.41. The lowest BCUT2D eigenvalue weighted by atomic mass is 9.71. The van der Waals surface area contributed by atoms with Crippen LogP contribution < -0.4 is 18.9 Å². The van der Waals surface area contributed by atoms with E-state index in [1.54, 1.807) is 0 Å². The second kappa shape index (κ2) is 13.3. The molecule has 2 bridgehead atoms. The first kappa shape index (κ1) is 37.8. The Bertz CT molecular complexity index is 2770. The van der Waals surface area contributed by atoms with Crippen molar-refractivity contribution in [1.82, 2.24) is 0 Å². The molecule has 6 aromatic carbocycles. The zero-order chi connectivity index (χ0) is 42.8. The van der Waals surface area contributed by atoms with Crippen molar-refractivity contribution in [3.05, 3.63) is 136 Å². The topological polar surface area (TPSA) is 280 Å². The molecular formula is C45H36O16. The van der Waals surface area contributed by atoms with Crippen molar-refractivity contribution in [3.8, 4) is 74.7 Å². The van der Waals surface area contributed by atoms with Gasteiger partial charge < -0.3 is 80.2 Å². The van der Waals surface area contributed by atoms with Crippen LogP contribution in [0.1, 0.15) is 68.6 Å². The third kappa shape index (κ3) is 5.56. The highest BCUT2D eigenvalue weighted by atomic mass is 16.7. The maximum absolute atomic E-state index is 12.5. The monoisotopic (exact) mass is 832 g/mol. The van der Waals surface area contributed by atoms with Gasteiger partial charge in [-0.05, 0) is 53.6 Å². The highest BCUT2D eigenvalue weighted by molar-refractivity contribution is 5.72. The van der Waals surface area contributed by atoms with Crippen LogP contribution in [0.15, 0.2) is 91.0 Å². The number of hydrogen-bond donors (Lipinski definition) is 12. The van der Waals surface area contributed by atoms with Gasteiger partial charge in [0.05, 0.1) is 17.9 Å². The van der Waals surface area contributed by atoms with E-state index in [9.17, 15) is 61.3 Å². The fraction of sp³-hybridized carbons (Fsp3) is 0.200. The Kier molecular flexibility index (Phi) is 8.25. The largest absolute Gasteiger partial charge is 0.508 e. The normalized spacial score (nSPS) is 25.6. The maximum atomic E-state index is 12.5. The predicted octanol–water partition coefficient (Wildman–Crippen LogP) is 4.83. The minimum absolute atomic E-state index is 0.00981. The molecule has 0 saturated carbocycles. The van der Waals surface area contributed by atoms with E-state index in [1.165, 1.54) is 60.7 Å². The molecule has 0 aromatic heterocycles. The van der Waals surface area contributed by atoms with Crippen LogP contribution in [-0.4, -0.2) is 79.6 Å². The summed E-state index contributed by atoms with van der Waals surface area (Å²) in [4.78, 5) is 0. The van der Waals surface area contributed by atoms with E-state index in [1.807, 2.05) is 0 Å². The minimum Gasteiger partial charge on any atom is -0.508 e. The van der Waals surface area contributed by atoms with E-state index in [0.29, 0.717) is 11.1 Å². The molecule has 4 aliphatic heterocycles. The van der Waals surface area contributed by atoms with Gasteiger partial charge >= 0.3 is 5.79 Å². The van der Waals surface area contributed by atoms with Crippen LogP contribution in [0.5, 0.6) is 74.7 Å². The van der Waals surface area contributed by atoms with Gasteiger partial charge in [-0.3, -0.25) is 0 Å². The molecule has 16 nitrogen and oxygen atoms in total. The van der Waals surface area contributed by atoms with Crippen molar-refractivity contribution in [2.75, 3.05) is 0 Å². The average molecular weight is 833 g/mol. The van der Waals surface area contributed by atoms with Crippen LogP contribution in [0, 0.1) is 0 Å². The number of ether oxygens (including phenoxy) is 4. The Labute approximate surface area is 344 Å². The summed E-state index contributed by atoms with van der Waals surface area (Å²) in [7, 11) is 0. The molecule has 61 heavy (non-hydrogen) atoms. The molecule has 0 fully saturated rings. The lowest BCUT2D eigenvalue weighted by Gasteiger charge is -2.51. The standard InChI is InChI=1S/C45H36O16/c46-20-6-1-17(2-7-20)40-30(55)14-23-25(50)15-28(53)34(42(23)58-40)37-35-29(54)16-32-36(43(35)59-41(39(37)56)18-3-8-21(47)9-4-18)38-33-27(52)12-22(48)13-31(33)60-45(61-32,44(38)57)19-5-10-24(49)26(51)11-19/h1-13,15-16,30,37-41,44,46-57H,14H2/t30-,37-,38-,39-,40-,41-,44-,45+/m1/s1. The molecule has 312 valence electrons. The first-order chi connectivity index (χ1) is 29.1. The zero-order valence-corrected chi connectivity index (χ0v) is 31.4. The predicted molar refractivity (Wildman–Crippen MR) is 209 cm³/mol. The minimum atomic E-state index is -2.26. The van der Waals surface area contributed by atoms with Gasteiger partial charge in [0.1, 0.15) is 81.6 Å². The van der Waals surface area contributed by atoms with Crippen molar-refractivity contribution in [2.45, 2.75) is 54.6 Å². The lowest BCUT2D eigenvalue weighted by Crippen LogP contribution is -2.57. The number of phenolic OH excluding ortho intramolecular Hbond substituents is 9. The van der Waals surface area contributed by atoms with Gasteiger partial charge in [0.15, 0.2) is 17.6 Å². The van der Waals surface area contributed by atoms with Crippen LogP contribution in [-0.2, 0) is 12.2 Å². The van der Waals surface area contributed by atoms with Crippen LogP contribution in [0.4, 0.5) is 0 Å². The summed E-state index contributed by atoms with van der Waals surface area (Å²) in [6.45, 7) is 0. The molecule has 12 N–H and O–H groups in total. The molecule has 0 spiro atoms. The van der Waals surface area contributed by atoms with Gasteiger partial charge in [0.2, 0.25) is 0 Å². The van der Waals surface area contributed by atoms with E-state index >= 15 is 0 Å². The van der Waals surface area contributed by atoms with Gasteiger partial charge in [-0.15, -0.1) is 0 Å². The molecule has 6 aromatic rings. The first-order valence-electron chi connectivity index (χ1n) is 19.0. The summed E-state index contributed by atoms with van der Waals surface area (Å²) < 4.78 is 25.8. The van der Waals surface area contributed by atoms with Crippen molar-refractivity contribution < 1.29 is 80.2 Å². The van der Waals surface area contributed by atoms with Crippen LogP contribution in [0.25, 0.3) is 0 Å². The molecule has 0 amide bonds. The third-order valence-electron chi connectivity index (χ3n) is 12.0. The van der Waals surface area contributed by atoms with Gasteiger partial charge in [0.25, 0.3) is 0 Å². The molecule has 0 saturated heterocycles. The molecule has 8 atom stereocenters. The number of aromatic hydroxyl groups is 9. The highest BCUT2D eigenvalue weighted by Crippen LogP contribution is 2.65. The molecule has 0 aliphatic carbocycles. The molecule has 0 radical (unpaired) electrons. The lowest BCUT2D eigenvalue weighted by molar-refractivity contribution is -0.219. The Morgan fingerprint density at radius 1 is 0.459 bits per heavy atom. The van der Waals surface area contributed by atoms with Crippen molar-refractivity contribution in [1.29, 1.82) is 0 Å². The molecular weight excluding hydrogens is 796 g/mol. The second-order valence-corrected chi connectivity index (χ2v) is 15.6. The molecule has 4 aliphatic rings. The summed E-state index contributed by atoms with van der Waals surface area (Å²) in [6, 6.07) is 19.4. The van der Waals surface area contributed by atoms with Gasteiger partial charge in [0, 0.05) is 64.1 Å². The highest BCUT2D eigenvalue weighted by Gasteiger charge is 2.61. The van der Waals surface area contributed by atoms with Crippen LogP contribution >= 0.6 is 0 Å². The number of aliphatic hydroxyl groups is 3. The Hall–Kier alpha value is -7.40. The molecule has 4 heterocycles. The third-order valence-corrected chi connectivity index (χ3v) is 12.0. The Balaban J connectivity index is 1.24. The smallest absolute Gasteiger partial charge is 0.305 e. The molecule has 0 unspecified atom stereocenters. The number of aliphatic hydroxyl groups excluding tert-OH is 3. The van der Waals surface area contributed by atoms with Crippen molar-refractivity contribution >= 4 is 0 Å². The van der Waals surface area contributed by atoms with Crippen molar-refractivity contribution in [2.24, 2.45) is 0 Å². The number of benzene rings is 6. The summed E-state index contributed by atoms with van der Waals surface area (Å²) in [5, 5.41) is 134. The second-order valence-electron chi connectivity index (χ2n) is 15.6. The number of phenols is 9. The number of hydrogen-bond acceptors (Lipinski definition) is 16. The SMILES string of the molecule is Oc1ccc([C@H]2Oc3c(c(O)cc4c3[C@H]3c5c(O)cc(O)cc5O[C@@](c5ccc(O)c(O)c5)(O4)[C@@H]3O)[C@@H](c3c(O)cc(O)c4c3O[C@H](c3ccc(O)cc3)[C@H](O)C4)[C@H]2O)cc1. The average Bonchev–Trinajstić information content (AvgIpc) is 3.20. The fourth-order valence-corrected chi connectivity index (χ4v) is 9.22. The molecule has 10 rings (SSSR count). The van der Waals surface area contributed by atoms with Gasteiger partial charge in [-0.1, -0.05) is 24.3 Å². The van der Waals surface area contributed by atoms with Crippen LogP contribution in [0.3, 0.4) is 0 Å². The Morgan fingerprint density at radius 3 is 1.69 bits per heavy atom. The van der Waals surface area contributed by atoms with E-state index in [2.05, 4.69) is 0 Å². The van der Waals surface area contributed by atoms with E-state index < -0.39 is 88.4 Å². The first-order valence-corrected chi connectivity index (χ1v) is 19.0. The summed E-state index contributed by atoms with van der Waals surface area (Å²) in [5.74, 6) is -9.55. The van der Waals surface area contributed by atoms with E-state index in [4.69, 9.17) is 18.9 Å². The summed E-state index contributed by atoms with van der Waals surface area (Å²) in [5.41, 5.74) is 0.451. The van der Waals surface area contributed by atoms with Gasteiger partial charge in [-0.2, -0.15) is 0 Å². The number of fused-ring (bicyclic) bond motifs is 9. The maximum Gasteiger partial charge on any atom is 0.305 e. The van der Waals surface area contributed by atoms with E-state index in [-0.39, 0.29) is 74.3 Å². The zero-order valence-electron chi connectivity index (χ0n) is 31.4. The molecule has 16 heteroatoms. The van der Waals surface area contributed by atoms with Crippen molar-refractivity contribution in [3.63, 3.8) is 0 Å². The Morgan fingerprint density at radius 2 is 1.03 bits per heavy atom. The van der Waals surface area contributed by atoms with Gasteiger partial charge in [-0.25, -0.2) is 0 Å². The fourth-order valence-electron chi connectivity index (χ4n) is 9.22. The van der Waals surface area contributed by atoms with Crippen LogP contribution in [0.2, 0.25) is 0 Å². The quantitative estimate of drug-likeness (QED) is 0.106. The summed E-state index contributed by atoms with van der Waals surface area (Å²) >= 11 is 0.